The number of fused-ring (bicyclic) bond motifs is 2. The summed E-state index contributed by atoms with van der Waals surface area (Å²) in [5.74, 6) is 2.40. The molecule has 0 bridgehead atoms. The molecule has 3 rings (SSSR count). The molecule has 1 aliphatic carbocycles. The molecular weight excluding hydrogens is 437 g/mol. The van der Waals surface area contributed by atoms with E-state index in [0.717, 1.165) is 50.3 Å². The van der Waals surface area contributed by atoms with Crippen LogP contribution in [0.2, 0.25) is 0 Å². The van der Waals surface area contributed by atoms with Crippen molar-refractivity contribution in [3.63, 3.8) is 0 Å². The van der Waals surface area contributed by atoms with Crippen LogP contribution in [0.4, 0.5) is 0 Å². The molecule has 5 nitrogen and oxygen atoms in total. The molecule has 2 unspecified atom stereocenters. The fourth-order valence-electron chi connectivity index (χ4n) is 5.45. The number of carboxylic acid groups (broad SMARTS) is 1. The first-order valence-electron chi connectivity index (χ1n) is 11.0. The molecule has 31 heavy (non-hydrogen) atoms. The SMILES string of the molecule is COC1=C(OC)CC2=C3CC([C@@H](C)[C@@H](C)C(=O)O)C(CC(C)C)CN3CCC2=C1.Cl.Cl. The van der Waals surface area contributed by atoms with Crippen LogP contribution in [0.15, 0.2) is 34.4 Å². The predicted molar refractivity (Wildman–Crippen MR) is 128 cm³/mol. The molecule has 3 aliphatic rings. The minimum Gasteiger partial charge on any atom is -0.497 e. The molecule has 0 radical (unpaired) electrons. The minimum absolute atomic E-state index is 0. The number of ether oxygens (including phenoxy) is 2. The molecule has 7 heteroatoms. The molecule has 0 aromatic rings. The van der Waals surface area contributed by atoms with Gasteiger partial charge in [0.05, 0.1) is 20.1 Å². The number of allylic oxidation sites excluding steroid dienone is 3. The zero-order chi connectivity index (χ0) is 21.3. The molecule has 2 aliphatic heterocycles. The van der Waals surface area contributed by atoms with Crippen LogP contribution in [-0.2, 0) is 14.3 Å². The van der Waals surface area contributed by atoms with Crippen LogP contribution in [0.5, 0.6) is 0 Å². The lowest BCUT2D eigenvalue weighted by molar-refractivity contribution is -0.144. The van der Waals surface area contributed by atoms with Crippen molar-refractivity contribution in [2.75, 3.05) is 27.3 Å². The number of carbonyl (C=O) groups is 1. The van der Waals surface area contributed by atoms with Gasteiger partial charge in [0.25, 0.3) is 0 Å². The maximum atomic E-state index is 11.7. The van der Waals surface area contributed by atoms with Gasteiger partial charge < -0.3 is 19.5 Å². The third kappa shape index (κ3) is 5.73. The highest BCUT2D eigenvalue weighted by molar-refractivity contribution is 5.85. The number of rotatable bonds is 7. The Morgan fingerprint density at radius 3 is 2.42 bits per heavy atom. The van der Waals surface area contributed by atoms with E-state index in [1.165, 1.54) is 16.8 Å². The zero-order valence-corrected chi connectivity index (χ0v) is 21.3. The average molecular weight is 476 g/mol. The van der Waals surface area contributed by atoms with Crippen LogP contribution in [0.3, 0.4) is 0 Å². The van der Waals surface area contributed by atoms with Gasteiger partial charge in [0, 0.05) is 25.2 Å². The fraction of sp³-hybridized carbons (Fsp3) is 0.708. The maximum absolute atomic E-state index is 11.7. The second-order valence-corrected chi connectivity index (χ2v) is 9.41. The van der Waals surface area contributed by atoms with Crippen LogP contribution in [0.25, 0.3) is 0 Å². The molecular formula is C24H39Cl2NO4. The van der Waals surface area contributed by atoms with Crippen LogP contribution in [0, 0.1) is 29.6 Å². The minimum atomic E-state index is -0.683. The third-order valence-corrected chi connectivity index (χ3v) is 7.27. The summed E-state index contributed by atoms with van der Waals surface area (Å²) in [6.45, 7) is 10.6. The van der Waals surface area contributed by atoms with Crippen LogP contribution in [0.1, 0.15) is 53.4 Å². The van der Waals surface area contributed by atoms with Gasteiger partial charge in [0.15, 0.2) is 5.76 Å². The van der Waals surface area contributed by atoms with Gasteiger partial charge in [-0.25, -0.2) is 0 Å². The summed E-state index contributed by atoms with van der Waals surface area (Å²) < 4.78 is 11.2. The van der Waals surface area contributed by atoms with E-state index in [-0.39, 0.29) is 36.6 Å². The molecule has 1 saturated heterocycles. The quantitative estimate of drug-likeness (QED) is 0.514. The summed E-state index contributed by atoms with van der Waals surface area (Å²) >= 11 is 0. The Hall–Kier alpha value is -1.33. The van der Waals surface area contributed by atoms with Crippen LogP contribution in [-0.4, -0.2) is 43.3 Å². The summed E-state index contributed by atoms with van der Waals surface area (Å²) in [5.41, 5.74) is 4.13. The summed E-state index contributed by atoms with van der Waals surface area (Å²) in [5, 5.41) is 9.63. The van der Waals surface area contributed by atoms with Crippen molar-refractivity contribution >= 4 is 30.8 Å². The standard InChI is InChI=1S/C24H37NO4.2ClH/c1-14(2)9-18-13-25-8-7-17-10-22(28-5)23(29-6)12-20(17)21(25)11-19(18)15(3)16(4)24(26)27;;/h10,14-16,18-19H,7-9,11-13H2,1-6H3,(H,26,27);2*1H/t15-,16+,18?,19?;;/m0../s1. The van der Waals surface area contributed by atoms with Gasteiger partial charge in [-0.1, -0.05) is 27.7 Å². The van der Waals surface area contributed by atoms with Gasteiger partial charge in [-0.3, -0.25) is 4.79 Å². The molecule has 2 heterocycles. The molecule has 1 N–H and O–H groups in total. The summed E-state index contributed by atoms with van der Waals surface area (Å²) in [6.07, 6.45) is 6.05. The molecule has 4 atom stereocenters. The summed E-state index contributed by atoms with van der Waals surface area (Å²) in [4.78, 5) is 14.3. The second kappa shape index (κ2) is 11.5. The predicted octanol–water partition coefficient (Wildman–Crippen LogP) is 5.66. The van der Waals surface area contributed by atoms with Gasteiger partial charge in [-0.2, -0.15) is 0 Å². The zero-order valence-electron chi connectivity index (χ0n) is 19.6. The lowest BCUT2D eigenvalue weighted by Gasteiger charge is -2.48. The molecule has 0 amide bonds. The van der Waals surface area contributed by atoms with Crippen LogP contribution < -0.4 is 0 Å². The van der Waals surface area contributed by atoms with E-state index in [2.05, 4.69) is 31.7 Å². The number of piperidine rings is 1. The third-order valence-electron chi connectivity index (χ3n) is 7.27. The Labute approximate surface area is 199 Å². The summed E-state index contributed by atoms with van der Waals surface area (Å²) in [6, 6.07) is 0. The topological polar surface area (TPSA) is 59.0 Å². The molecule has 0 saturated carbocycles. The highest BCUT2D eigenvalue weighted by atomic mass is 35.5. The van der Waals surface area contributed by atoms with Crippen molar-refractivity contribution in [3.8, 4) is 0 Å². The molecule has 0 spiro atoms. The average Bonchev–Trinajstić information content (AvgIpc) is 2.70. The Morgan fingerprint density at radius 1 is 1.19 bits per heavy atom. The van der Waals surface area contributed by atoms with Crippen molar-refractivity contribution in [1.29, 1.82) is 0 Å². The van der Waals surface area contributed by atoms with Gasteiger partial charge >= 0.3 is 5.97 Å². The van der Waals surface area contributed by atoms with Crippen molar-refractivity contribution in [2.24, 2.45) is 29.6 Å². The highest BCUT2D eigenvalue weighted by Crippen LogP contribution is 2.47. The fourth-order valence-corrected chi connectivity index (χ4v) is 5.45. The lowest BCUT2D eigenvalue weighted by atomic mass is 9.68. The van der Waals surface area contributed by atoms with Crippen molar-refractivity contribution in [2.45, 2.75) is 53.4 Å². The Bertz CT molecular complexity index is 744. The molecule has 1 fully saturated rings. The Kier molecular flexibility index (Phi) is 10.3. The monoisotopic (exact) mass is 475 g/mol. The van der Waals surface area contributed by atoms with E-state index < -0.39 is 5.97 Å². The number of halogens is 2. The normalized spacial score (nSPS) is 24.9. The van der Waals surface area contributed by atoms with E-state index in [9.17, 15) is 9.90 Å². The molecule has 178 valence electrons. The van der Waals surface area contributed by atoms with E-state index in [1.807, 2.05) is 6.92 Å². The Balaban J connectivity index is 0.00000240. The van der Waals surface area contributed by atoms with E-state index in [0.29, 0.717) is 17.8 Å². The second-order valence-electron chi connectivity index (χ2n) is 9.41. The van der Waals surface area contributed by atoms with E-state index >= 15 is 0 Å². The number of hydrogen-bond acceptors (Lipinski definition) is 4. The van der Waals surface area contributed by atoms with E-state index in [1.54, 1.807) is 14.2 Å². The number of hydrogen-bond donors (Lipinski definition) is 1. The van der Waals surface area contributed by atoms with Crippen LogP contribution >= 0.6 is 24.8 Å². The molecule has 0 aromatic heterocycles. The smallest absolute Gasteiger partial charge is 0.306 e. The number of nitrogens with zero attached hydrogens (tertiary/aromatic N) is 1. The highest BCUT2D eigenvalue weighted by Gasteiger charge is 2.41. The van der Waals surface area contributed by atoms with Gasteiger partial charge in [0.1, 0.15) is 5.76 Å². The van der Waals surface area contributed by atoms with Crippen molar-refractivity contribution in [3.05, 3.63) is 34.4 Å². The van der Waals surface area contributed by atoms with Crippen molar-refractivity contribution in [1.82, 2.24) is 4.90 Å². The van der Waals surface area contributed by atoms with Gasteiger partial charge in [0.2, 0.25) is 0 Å². The van der Waals surface area contributed by atoms with Crippen molar-refractivity contribution < 1.29 is 19.4 Å². The first-order chi connectivity index (χ1) is 13.8. The molecule has 0 aromatic carbocycles. The lowest BCUT2D eigenvalue weighted by Crippen LogP contribution is -2.46. The van der Waals surface area contributed by atoms with E-state index in [4.69, 9.17) is 9.47 Å². The van der Waals surface area contributed by atoms with Gasteiger partial charge in [-0.15, -0.1) is 24.8 Å². The first-order valence-corrected chi connectivity index (χ1v) is 11.0. The maximum Gasteiger partial charge on any atom is 0.306 e. The Morgan fingerprint density at radius 2 is 1.87 bits per heavy atom. The number of carboxylic acids is 1. The largest absolute Gasteiger partial charge is 0.497 e. The number of aliphatic carboxylic acids is 1. The summed E-state index contributed by atoms with van der Waals surface area (Å²) in [7, 11) is 3.40. The number of methoxy groups -OCH3 is 2. The van der Waals surface area contributed by atoms with Gasteiger partial charge in [-0.05, 0) is 60.2 Å². The first kappa shape index (κ1) is 27.7.